The van der Waals surface area contributed by atoms with E-state index in [1.807, 2.05) is 54.6 Å². The minimum atomic E-state index is -0.489. The Morgan fingerprint density at radius 2 is 1.67 bits per heavy atom. The van der Waals surface area contributed by atoms with Crippen LogP contribution in [0.25, 0.3) is 28.5 Å². The van der Waals surface area contributed by atoms with Crippen molar-refractivity contribution in [3.63, 3.8) is 0 Å². The van der Waals surface area contributed by atoms with Crippen molar-refractivity contribution in [3.05, 3.63) is 119 Å². The largest absolute Gasteiger partial charge is 0.457 e. The molecule has 0 atom stereocenters. The standard InChI is InChI=1S/C36H31N5O2/c1-2-8-29-30-19-24-9-6-7-12-27(24)28(30)17-18-31(29)40-22-36(20-38-21-36)41-35(40)32(34(37)42)33(39-41)23-13-15-26(16-14-23)43-25-10-4-3-5-11-25/h2-18,38H,19-22H2,1H3,(H2,37,42). The number of fused-ring (bicyclic) bond motifs is 5. The Kier molecular flexibility index (Phi) is 5.77. The van der Waals surface area contributed by atoms with Crippen LogP contribution in [0.2, 0.25) is 0 Å². The molecule has 7 heteroatoms. The highest BCUT2D eigenvalue weighted by Crippen LogP contribution is 2.49. The third-order valence-corrected chi connectivity index (χ3v) is 8.91. The van der Waals surface area contributed by atoms with Crippen LogP contribution in [0.5, 0.6) is 11.5 Å². The highest BCUT2D eigenvalue weighted by atomic mass is 16.5. The number of nitrogens with two attached hydrogens (primary N) is 1. The Bertz CT molecular complexity index is 1920. The van der Waals surface area contributed by atoms with Crippen LogP contribution in [0.3, 0.4) is 0 Å². The van der Waals surface area contributed by atoms with Gasteiger partial charge in [0, 0.05) is 24.2 Å². The number of hydrogen-bond donors (Lipinski definition) is 2. The predicted octanol–water partition coefficient (Wildman–Crippen LogP) is 6.50. The SMILES string of the molecule is CC=Cc1c(N2CC3(CNC3)n3nc(-c4ccc(Oc5ccccc5)cc4)c(C(N)=O)c32)ccc2c1Cc1ccccc1-2. The van der Waals surface area contributed by atoms with Gasteiger partial charge in [-0.05, 0) is 78.1 Å². The summed E-state index contributed by atoms with van der Waals surface area (Å²) in [6, 6.07) is 30.4. The molecule has 5 aromatic rings. The van der Waals surface area contributed by atoms with E-state index in [9.17, 15) is 4.79 Å². The Labute approximate surface area is 250 Å². The molecule has 1 spiro atoms. The molecule has 0 bridgehead atoms. The second-order valence-corrected chi connectivity index (χ2v) is 11.5. The van der Waals surface area contributed by atoms with Crippen LogP contribution in [-0.4, -0.2) is 35.3 Å². The molecule has 1 fully saturated rings. The number of carbonyl (C=O) groups is 1. The molecule has 4 aromatic carbocycles. The average molecular weight is 566 g/mol. The quantitative estimate of drug-likeness (QED) is 0.241. The van der Waals surface area contributed by atoms with E-state index >= 15 is 0 Å². The van der Waals surface area contributed by atoms with Gasteiger partial charge in [0.2, 0.25) is 0 Å². The predicted molar refractivity (Wildman–Crippen MR) is 170 cm³/mol. The number of nitrogens with zero attached hydrogens (tertiary/aromatic N) is 3. The van der Waals surface area contributed by atoms with Gasteiger partial charge in [0.1, 0.15) is 34.1 Å². The van der Waals surface area contributed by atoms with Crippen LogP contribution in [0.15, 0.2) is 97.1 Å². The summed E-state index contributed by atoms with van der Waals surface area (Å²) in [5.74, 6) is 1.74. The van der Waals surface area contributed by atoms with E-state index < -0.39 is 5.91 Å². The molecular weight excluding hydrogens is 534 g/mol. The van der Waals surface area contributed by atoms with Crippen LogP contribution >= 0.6 is 0 Å². The molecule has 212 valence electrons. The maximum Gasteiger partial charge on any atom is 0.254 e. The van der Waals surface area contributed by atoms with Crippen molar-refractivity contribution in [2.75, 3.05) is 24.5 Å². The monoisotopic (exact) mass is 565 g/mol. The van der Waals surface area contributed by atoms with Gasteiger partial charge < -0.3 is 20.7 Å². The molecule has 0 radical (unpaired) electrons. The molecule has 1 aliphatic carbocycles. The van der Waals surface area contributed by atoms with E-state index in [-0.39, 0.29) is 5.54 Å². The molecular formula is C36H31N5O2. The molecule has 1 saturated heterocycles. The van der Waals surface area contributed by atoms with Crippen molar-refractivity contribution in [2.24, 2.45) is 5.73 Å². The Morgan fingerprint density at radius 3 is 2.40 bits per heavy atom. The van der Waals surface area contributed by atoms with E-state index in [0.29, 0.717) is 23.6 Å². The van der Waals surface area contributed by atoms with Gasteiger partial charge in [0.05, 0.1) is 12.2 Å². The number of carbonyl (C=O) groups excluding carboxylic acids is 1. The van der Waals surface area contributed by atoms with Crippen molar-refractivity contribution in [3.8, 4) is 33.9 Å². The molecule has 3 N–H and O–H groups in total. The minimum Gasteiger partial charge on any atom is -0.457 e. The van der Waals surface area contributed by atoms with Crippen LogP contribution in [-0.2, 0) is 12.0 Å². The summed E-state index contributed by atoms with van der Waals surface area (Å²) in [7, 11) is 0. The summed E-state index contributed by atoms with van der Waals surface area (Å²) < 4.78 is 8.05. The van der Waals surface area contributed by atoms with Crippen LogP contribution < -0.4 is 20.7 Å². The number of benzene rings is 4. The summed E-state index contributed by atoms with van der Waals surface area (Å²) in [6.07, 6.45) is 5.17. The third-order valence-electron chi connectivity index (χ3n) is 8.91. The maximum absolute atomic E-state index is 13.3. The van der Waals surface area contributed by atoms with Gasteiger partial charge in [-0.1, -0.05) is 60.7 Å². The van der Waals surface area contributed by atoms with Gasteiger partial charge in [-0.2, -0.15) is 5.10 Å². The van der Waals surface area contributed by atoms with Crippen molar-refractivity contribution in [1.29, 1.82) is 0 Å². The van der Waals surface area contributed by atoms with E-state index in [4.69, 9.17) is 15.6 Å². The first-order chi connectivity index (χ1) is 21.1. The minimum absolute atomic E-state index is 0.261. The van der Waals surface area contributed by atoms with Crippen LogP contribution in [0.4, 0.5) is 11.5 Å². The molecule has 8 rings (SSSR count). The highest BCUT2D eigenvalue weighted by Gasteiger charge is 2.51. The van der Waals surface area contributed by atoms with Crippen molar-refractivity contribution < 1.29 is 9.53 Å². The molecule has 0 unspecified atom stereocenters. The molecule has 1 aromatic heterocycles. The van der Waals surface area contributed by atoms with Gasteiger partial charge in [0.25, 0.3) is 5.91 Å². The number of para-hydroxylation sites is 1. The second-order valence-electron chi connectivity index (χ2n) is 11.5. The number of primary amides is 1. The lowest BCUT2D eigenvalue weighted by Gasteiger charge is -2.39. The zero-order chi connectivity index (χ0) is 29.1. The fourth-order valence-corrected chi connectivity index (χ4v) is 6.84. The number of hydrogen-bond acceptors (Lipinski definition) is 5. The van der Waals surface area contributed by atoms with Gasteiger partial charge in [-0.15, -0.1) is 0 Å². The fraction of sp³-hybridized carbons (Fsp3) is 0.167. The lowest BCUT2D eigenvalue weighted by Crippen LogP contribution is -2.62. The van der Waals surface area contributed by atoms with Crippen LogP contribution in [0.1, 0.15) is 34.0 Å². The van der Waals surface area contributed by atoms with Gasteiger partial charge in [0.15, 0.2) is 0 Å². The number of amides is 1. The summed E-state index contributed by atoms with van der Waals surface area (Å²) in [5, 5.41) is 8.55. The van der Waals surface area contributed by atoms with Crippen LogP contribution in [0, 0.1) is 0 Å². The first-order valence-electron chi connectivity index (χ1n) is 14.7. The smallest absolute Gasteiger partial charge is 0.254 e. The van der Waals surface area contributed by atoms with E-state index in [1.54, 1.807) is 0 Å². The topological polar surface area (TPSA) is 85.4 Å². The molecule has 43 heavy (non-hydrogen) atoms. The molecule has 2 aliphatic heterocycles. The number of aromatic nitrogens is 2. The summed E-state index contributed by atoms with van der Waals surface area (Å²) >= 11 is 0. The van der Waals surface area contributed by atoms with Gasteiger partial charge in [-0.25, -0.2) is 4.68 Å². The zero-order valence-electron chi connectivity index (χ0n) is 23.9. The maximum atomic E-state index is 13.3. The van der Waals surface area contributed by atoms with E-state index in [2.05, 4.69) is 70.4 Å². The highest BCUT2D eigenvalue weighted by molar-refractivity contribution is 6.05. The Morgan fingerprint density at radius 1 is 0.930 bits per heavy atom. The van der Waals surface area contributed by atoms with Crippen molar-refractivity contribution in [2.45, 2.75) is 18.9 Å². The first kappa shape index (κ1) is 25.6. The number of rotatable bonds is 6. The van der Waals surface area contributed by atoms with Crippen molar-refractivity contribution >= 4 is 23.5 Å². The summed E-state index contributed by atoms with van der Waals surface area (Å²) in [5.41, 5.74) is 15.2. The Hall–Kier alpha value is -5.14. The summed E-state index contributed by atoms with van der Waals surface area (Å²) in [4.78, 5) is 15.5. The zero-order valence-corrected chi connectivity index (χ0v) is 23.9. The second kappa shape index (κ2) is 9.71. The number of nitrogens with one attached hydrogen (secondary N) is 1. The molecule has 1 amide bonds. The molecule has 3 aliphatic rings. The third kappa shape index (κ3) is 3.92. The Balaban J connectivity index is 1.25. The van der Waals surface area contributed by atoms with Gasteiger partial charge >= 0.3 is 0 Å². The fourth-order valence-electron chi connectivity index (χ4n) is 6.84. The summed E-state index contributed by atoms with van der Waals surface area (Å²) in [6.45, 7) is 4.31. The number of anilines is 2. The average Bonchev–Trinajstić information content (AvgIpc) is 3.68. The van der Waals surface area contributed by atoms with E-state index in [0.717, 1.165) is 42.3 Å². The molecule has 0 saturated carbocycles. The van der Waals surface area contributed by atoms with E-state index in [1.165, 1.54) is 27.8 Å². The first-order valence-corrected chi connectivity index (χ1v) is 14.7. The molecule has 3 heterocycles. The number of allylic oxidation sites excluding steroid dienone is 1. The lowest BCUT2D eigenvalue weighted by molar-refractivity contribution is 0.100. The molecule has 7 nitrogen and oxygen atoms in total. The lowest BCUT2D eigenvalue weighted by atomic mass is 9.92. The van der Waals surface area contributed by atoms with Gasteiger partial charge in [-0.3, -0.25) is 4.79 Å². The number of ether oxygens (including phenoxy) is 1. The normalized spacial score (nSPS) is 15.8. The van der Waals surface area contributed by atoms with Crippen molar-refractivity contribution in [1.82, 2.24) is 15.1 Å².